The number of anilines is 1. The van der Waals surface area contributed by atoms with E-state index in [1.54, 1.807) is 0 Å². The van der Waals surface area contributed by atoms with Crippen molar-refractivity contribution in [2.75, 3.05) is 5.32 Å². The minimum Gasteiger partial charge on any atom is -0.452 e. The highest BCUT2D eigenvalue weighted by Crippen LogP contribution is 2.24. The Balaban J connectivity index is 1.74. The van der Waals surface area contributed by atoms with Crippen LogP contribution in [0, 0.1) is 6.92 Å². The van der Waals surface area contributed by atoms with Crippen molar-refractivity contribution < 1.29 is 8.83 Å². The Morgan fingerprint density at radius 2 is 2.15 bits per heavy atom. The van der Waals surface area contributed by atoms with Crippen molar-refractivity contribution in [1.82, 2.24) is 10.2 Å². The van der Waals surface area contributed by atoms with Crippen LogP contribution in [0.3, 0.4) is 0 Å². The molecule has 6 heteroatoms. The lowest BCUT2D eigenvalue weighted by Crippen LogP contribution is -2.00. The Hall–Kier alpha value is -2.08. The van der Waals surface area contributed by atoms with Crippen molar-refractivity contribution >= 4 is 21.6 Å². The Morgan fingerprint density at radius 3 is 2.80 bits per heavy atom. The van der Waals surface area contributed by atoms with Crippen LogP contribution in [0.15, 0.2) is 50.2 Å². The van der Waals surface area contributed by atoms with E-state index >= 15 is 0 Å². The lowest BCUT2D eigenvalue weighted by Gasteiger charge is -2.09. The summed E-state index contributed by atoms with van der Waals surface area (Å²) in [6, 6.07) is 9.75. The van der Waals surface area contributed by atoms with E-state index in [0.29, 0.717) is 12.4 Å². The van der Waals surface area contributed by atoms with Crippen molar-refractivity contribution in [3.63, 3.8) is 0 Å². The quantitative estimate of drug-likeness (QED) is 0.781. The van der Waals surface area contributed by atoms with E-state index in [4.69, 9.17) is 8.83 Å². The molecular weight excluding hydrogens is 322 g/mol. The van der Waals surface area contributed by atoms with Gasteiger partial charge in [-0.25, -0.2) is 0 Å². The molecule has 20 heavy (non-hydrogen) atoms. The fraction of sp³-hybridized carbons (Fsp3) is 0.143. The van der Waals surface area contributed by atoms with Gasteiger partial charge in [-0.3, -0.25) is 0 Å². The van der Waals surface area contributed by atoms with Crippen molar-refractivity contribution in [3.05, 3.63) is 52.7 Å². The second-order valence-electron chi connectivity index (χ2n) is 4.33. The molecule has 0 aliphatic rings. The number of rotatable bonds is 4. The molecule has 2 aromatic heterocycles. The van der Waals surface area contributed by atoms with Crippen molar-refractivity contribution in [1.29, 1.82) is 0 Å². The third-order valence-electron chi connectivity index (χ3n) is 2.92. The Labute approximate surface area is 124 Å². The summed E-state index contributed by atoms with van der Waals surface area (Å²) in [5.74, 6) is 1.40. The molecule has 0 aliphatic heterocycles. The largest absolute Gasteiger partial charge is 0.452 e. The first kappa shape index (κ1) is 12.9. The monoisotopic (exact) mass is 333 g/mol. The Bertz CT molecular complexity index is 707. The van der Waals surface area contributed by atoms with Gasteiger partial charge in [-0.05, 0) is 58.7 Å². The molecule has 3 rings (SSSR count). The molecule has 0 atom stereocenters. The SMILES string of the molecule is Cc1cc(-c2nnco2)ccc1NCc1ccc(Br)o1. The summed E-state index contributed by atoms with van der Waals surface area (Å²) in [6.07, 6.45) is 1.32. The van der Waals surface area contributed by atoms with Crippen LogP contribution in [0.1, 0.15) is 11.3 Å². The molecule has 2 heterocycles. The van der Waals surface area contributed by atoms with Gasteiger partial charge in [0, 0.05) is 11.3 Å². The van der Waals surface area contributed by atoms with Crippen LogP contribution in [0.2, 0.25) is 0 Å². The van der Waals surface area contributed by atoms with Gasteiger partial charge in [-0.15, -0.1) is 10.2 Å². The van der Waals surface area contributed by atoms with Gasteiger partial charge in [0.1, 0.15) is 5.76 Å². The summed E-state index contributed by atoms with van der Waals surface area (Å²) in [6.45, 7) is 2.66. The first-order chi connectivity index (χ1) is 9.72. The highest BCUT2D eigenvalue weighted by molar-refractivity contribution is 9.10. The van der Waals surface area contributed by atoms with E-state index in [9.17, 15) is 0 Å². The van der Waals surface area contributed by atoms with Gasteiger partial charge in [0.2, 0.25) is 12.3 Å². The zero-order valence-corrected chi connectivity index (χ0v) is 12.3. The van der Waals surface area contributed by atoms with Crippen LogP contribution >= 0.6 is 15.9 Å². The molecule has 0 unspecified atom stereocenters. The molecule has 0 radical (unpaired) electrons. The highest BCUT2D eigenvalue weighted by Gasteiger charge is 2.07. The number of hydrogen-bond acceptors (Lipinski definition) is 5. The van der Waals surface area contributed by atoms with E-state index in [0.717, 1.165) is 27.2 Å². The predicted molar refractivity (Wildman–Crippen MR) is 78.2 cm³/mol. The maximum atomic E-state index is 5.45. The number of aryl methyl sites for hydroxylation is 1. The topological polar surface area (TPSA) is 64.1 Å². The van der Waals surface area contributed by atoms with Crippen LogP contribution < -0.4 is 5.32 Å². The molecule has 1 N–H and O–H groups in total. The van der Waals surface area contributed by atoms with Crippen LogP contribution in [0.5, 0.6) is 0 Å². The van der Waals surface area contributed by atoms with Gasteiger partial charge >= 0.3 is 0 Å². The van der Waals surface area contributed by atoms with Crippen LogP contribution in [0.25, 0.3) is 11.5 Å². The van der Waals surface area contributed by atoms with Gasteiger partial charge in [0.15, 0.2) is 4.67 Å². The zero-order valence-electron chi connectivity index (χ0n) is 10.8. The second kappa shape index (κ2) is 5.50. The molecule has 3 aromatic rings. The highest BCUT2D eigenvalue weighted by atomic mass is 79.9. The molecule has 1 aromatic carbocycles. The van der Waals surface area contributed by atoms with Gasteiger partial charge in [-0.1, -0.05) is 0 Å². The van der Waals surface area contributed by atoms with E-state index in [2.05, 4.69) is 31.4 Å². The molecule has 0 amide bonds. The molecule has 102 valence electrons. The fourth-order valence-electron chi connectivity index (χ4n) is 1.92. The first-order valence-corrected chi connectivity index (χ1v) is 6.87. The van der Waals surface area contributed by atoms with E-state index < -0.39 is 0 Å². The normalized spacial score (nSPS) is 10.7. The lowest BCUT2D eigenvalue weighted by atomic mass is 10.1. The van der Waals surface area contributed by atoms with Crippen LogP contribution in [0.4, 0.5) is 5.69 Å². The molecule has 5 nitrogen and oxygen atoms in total. The van der Waals surface area contributed by atoms with Gasteiger partial charge < -0.3 is 14.2 Å². The van der Waals surface area contributed by atoms with Crippen LogP contribution in [-0.2, 0) is 6.54 Å². The number of benzene rings is 1. The van der Waals surface area contributed by atoms with E-state index in [1.807, 2.05) is 37.3 Å². The number of nitrogens with zero attached hydrogens (tertiary/aromatic N) is 2. The summed E-state index contributed by atoms with van der Waals surface area (Å²) in [5.41, 5.74) is 3.05. The molecular formula is C14H12BrN3O2. The molecule has 0 aliphatic carbocycles. The Kier molecular flexibility index (Phi) is 3.56. The number of furan rings is 1. The minimum atomic E-state index is 0.523. The molecule has 0 fully saturated rings. The average molecular weight is 334 g/mol. The van der Waals surface area contributed by atoms with Crippen molar-refractivity contribution in [2.24, 2.45) is 0 Å². The van der Waals surface area contributed by atoms with Gasteiger partial charge in [0.25, 0.3) is 0 Å². The molecule has 0 spiro atoms. The summed E-state index contributed by atoms with van der Waals surface area (Å²) < 4.78 is 11.4. The number of hydrogen-bond donors (Lipinski definition) is 1. The molecule has 0 saturated carbocycles. The third kappa shape index (κ3) is 2.75. The maximum absolute atomic E-state index is 5.45. The maximum Gasteiger partial charge on any atom is 0.247 e. The lowest BCUT2D eigenvalue weighted by molar-refractivity contribution is 0.495. The first-order valence-electron chi connectivity index (χ1n) is 6.07. The summed E-state index contributed by atoms with van der Waals surface area (Å²) in [4.78, 5) is 0. The van der Waals surface area contributed by atoms with Crippen molar-refractivity contribution in [3.8, 4) is 11.5 Å². The number of nitrogens with one attached hydrogen (secondary N) is 1. The smallest absolute Gasteiger partial charge is 0.247 e. The van der Waals surface area contributed by atoms with Gasteiger partial charge in [-0.2, -0.15) is 0 Å². The second-order valence-corrected chi connectivity index (χ2v) is 5.11. The van der Waals surface area contributed by atoms with E-state index in [1.165, 1.54) is 6.39 Å². The predicted octanol–water partition coefficient (Wildman–Crippen LogP) is 4.01. The zero-order chi connectivity index (χ0) is 13.9. The average Bonchev–Trinajstić information content (AvgIpc) is 3.08. The number of halogens is 1. The summed E-state index contributed by atoms with van der Waals surface area (Å²) >= 11 is 3.29. The molecule has 0 saturated heterocycles. The fourth-order valence-corrected chi connectivity index (χ4v) is 2.26. The van der Waals surface area contributed by atoms with Crippen LogP contribution in [-0.4, -0.2) is 10.2 Å². The van der Waals surface area contributed by atoms with Gasteiger partial charge in [0.05, 0.1) is 6.54 Å². The standard InChI is InChI=1S/C14H12BrN3O2/c1-9-6-10(14-18-17-8-19-14)2-4-12(9)16-7-11-3-5-13(15)20-11/h2-6,8,16H,7H2,1H3. The van der Waals surface area contributed by atoms with E-state index in [-0.39, 0.29) is 0 Å². The van der Waals surface area contributed by atoms with Crippen molar-refractivity contribution in [2.45, 2.75) is 13.5 Å². The third-order valence-corrected chi connectivity index (χ3v) is 3.34. The Morgan fingerprint density at radius 1 is 1.25 bits per heavy atom. The molecule has 0 bridgehead atoms. The minimum absolute atomic E-state index is 0.523. The summed E-state index contributed by atoms with van der Waals surface area (Å²) in [7, 11) is 0. The summed E-state index contributed by atoms with van der Waals surface area (Å²) in [5, 5.41) is 10.9. The number of aromatic nitrogens is 2.